The number of benzene rings is 2. The maximum absolute atomic E-state index is 12.0. The summed E-state index contributed by atoms with van der Waals surface area (Å²) in [6, 6.07) is 17.9. The lowest BCUT2D eigenvalue weighted by Gasteiger charge is -2.31. The molecule has 0 unspecified atom stereocenters. The van der Waals surface area contributed by atoms with Gasteiger partial charge in [0.1, 0.15) is 11.2 Å². The van der Waals surface area contributed by atoms with Crippen LogP contribution in [0.1, 0.15) is 122 Å². The van der Waals surface area contributed by atoms with E-state index < -0.39 is 11.2 Å². The van der Waals surface area contributed by atoms with Crippen LogP contribution in [-0.2, 0) is 27.7 Å². The fraction of sp³-hybridized carbons (Fsp3) is 0.611. The van der Waals surface area contributed by atoms with E-state index in [0.29, 0.717) is 13.1 Å². The highest BCUT2D eigenvalue weighted by Gasteiger charge is 2.37. The van der Waals surface area contributed by atoms with Gasteiger partial charge in [0.15, 0.2) is 0 Å². The molecule has 6 heteroatoms. The molecule has 0 saturated carbocycles. The van der Waals surface area contributed by atoms with Gasteiger partial charge >= 0.3 is 12.2 Å². The lowest BCUT2D eigenvalue weighted by Crippen LogP contribution is -2.33. The first-order chi connectivity index (χ1) is 19.9. The van der Waals surface area contributed by atoms with E-state index in [2.05, 4.69) is 59.2 Å². The highest BCUT2D eigenvalue weighted by atomic mass is 16.6. The Kier molecular flexibility index (Phi) is 12.3. The van der Waals surface area contributed by atoms with Crippen LogP contribution in [-0.4, -0.2) is 36.5 Å². The molecule has 42 heavy (non-hydrogen) atoms. The normalized spacial score (nSPS) is 14.2. The van der Waals surface area contributed by atoms with Crippen LogP contribution in [0, 0.1) is 0 Å². The van der Waals surface area contributed by atoms with Gasteiger partial charge in [-0.15, -0.1) is 0 Å². The zero-order chi connectivity index (χ0) is 30.6. The molecule has 0 aromatic heterocycles. The van der Waals surface area contributed by atoms with E-state index in [0.717, 1.165) is 64.2 Å². The van der Waals surface area contributed by atoms with Gasteiger partial charge < -0.3 is 20.1 Å². The van der Waals surface area contributed by atoms with Crippen LogP contribution in [0.3, 0.4) is 0 Å². The fourth-order valence-corrected chi connectivity index (χ4v) is 5.97. The molecule has 0 atom stereocenters. The highest BCUT2D eigenvalue weighted by Crippen LogP contribution is 2.47. The maximum Gasteiger partial charge on any atom is 0.407 e. The van der Waals surface area contributed by atoms with Gasteiger partial charge in [0.2, 0.25) is 0 Å². The molecule has 0 fully saturated rings. The summed E-state index contributed by atoms with van der Waals surface area (Å²) >= 11 is 0. The molecular formula is C36H54N2O4. The van der Waals surface area contributed by atoms with Crippen LogP contribution in [0.5, 0.6) is 0 Å². The standard InChI is InChI=1S/C36H54N2O4/c1-34(2,3)41-32(39)37-24-14-8-12-21-36(22-13-9-15-25-38-33(40)42-35(4,5)6)23-20-30-19-18-29(27-31(30)36)26-28-16-10-7-11-17-28/h7,10-11,16-19,27H,8-9,12-15,20-26H2,1-6H3,(H,37,39)(H,38,40). The number of fused-ring (bicyclic) bond motifs is 1. The van der Waals surface area contributed by atoms with E-state index in [-0.39, 0.29) is 17.6 Å². The Balaban J connectivity index is 1.57. The van der Waals surface area contributed by atoms with Gasteiger partial charge in [-0.05, 0) is 114 Å². The third-order valence-electron chi connectivity index (χ3n) is 7.87. The highest BCUT2D eigenvalue weighted by molar-refractivity contribution is 5.67. The number of unbranched alkanes of at least 4 members (excludes halogenated alkanes) is 4. The van der Waals surface area contributed by atoms with Gasteiger partial charge in [-0.3, -0.25) is 0 Å². The Morgan fingerprint density at radius 3 is 1.79 bits per heavy atom. The van der Waals surface area contributed by atoms with Crippen molar-refractivity contribution in [2.24, 2.45) is 0 Å². The average Bonchev–Trinajstić information content (AvgIpc) is 3.24. The summed E-state index contributed by atoms with van der Waals surface area (Å²) in [7, 11) is 0. The molecular weight excluding hydrogens is 524 g/mol. The number of hydrogen-bond donors (Lipinski definition) is 2. The van der Waals surface area contributed by atoms with E-state index in [1.165, 1.54) is 23.1 Å². The predicted octanol–water partition coefficient (Wildman–Crippen LogP) is 8.63. The van der Waals surface area contributed by atoms with Gasteiger partial charge in [-0.2, -0.15) is 0 Å². The Hall–Kier alpha value is -3.02. The second kappa shape index (κ2) is 15.5. The van der Waals surface area contributed by atoms with Crippen molar-refractivity contribution in [3.8, 4) is 0 Å². The maximum atomic E-state index is 12.0. The number of rotatable bonds is 14. The molecule has 2 amide bonds. The summed E-state index contributed by atoms with van der Waals surface area (Å²) in [4.78, 5) is 24.0. The summed E-state index contributed by atoms with van der Waals surface area (Å²) in [5.41, 5.74) is 5.03. The molecule has 0 saturated heterocycles. The fourth-order valence-electron chi connectivity index (χ4n) is 5.97. The topological polar surface area (TPSA) is 76.7 Å². The number of amides is 2. The van der Waals surface area contributed by atoms with Crippen LogP contribution < -0.4 is 10.6 Å². The molecule has 6 nitrogen and oxygen atoms in total. The van der Waals surface area contributed by atoms with E-state index >= 15 is 0 Å². The Morgan fingerprint density at radius 1 is 0.714 bits per heavy atom. The minimum Gasteiger partial charge on any atom is -0.444 e. The Bertz CT molecular complexity index is 1090. The summed E-state index contributed by atoms with van der Waals surface area (Å²) in [6.07, 6.45) is 11.3. The zero-order valence-corrected chi connectivity index (χ0v) is 26.9. The van der Waals surface area contributed by atoms with Crippen molar-refractivity contribution in [3.05, 3.63) is 70.8 Å². The van der Waals surface area contributed by atoms with Gasteiger partial charge in [0.05, 0.1) is 0 Å². The van der Waals surface area contributed by atoms with Crippen molar-refractivity contribution >= 4 is 12.2 Å². The van der Waals surface area contributed by atoms with Crippen LogP contribution in [0.25, 0.3) is 0 Å². The Morgan fingerprint density at radius 2 is 1.26 bits per heavy atom. The van der Waals surface area contributed by atoms with E-state index in [1.807, 2.05) is 41.5 Å². The van der Waals surface area contributed by atoms with Crippen molar-refractivity contribution in [2.75, 3.05) is 13.1 Å². The smallest absolute Gasteiger partial charge is 0.407 e. The second-order valence-electron chi connectivity index (χ2n) is 13.9. The van der Waals surface area contributed by atoms with Crippen molar-refractivity contribution < 1.29 is 19.1 Å². The predicted molar refractivity (Wildman–Crippen MR) is 171 cm³/mol. The van der Waals surface area contributed by atoms with Crippen molar-refractivity contribution in [2.45, 2.75) is 129 Å². The van der Waals surface area contributed by atoms with E-state index in [4.69, 9.17) is 9.47 Å². The van der Waals surface area contributed by atoms with Crippen LogP contribution >= 0.6 is 0 Å². The number of hydrogen-bond acceptors (Lipinski definition) is 4. The van der Waals surface area contributed by atoms with E-state index in [1.54, 1.807) is 5.56 Å². The number of ether oxygens (including phenoxy) is 2. The minimum atomic E-state index is -0.475. The molecule has 2 N–H and O–H groups in total. The number of nitrogens with one attached hydrogen (secondary N) is 2. The van der Waals surface area contributed by atoms with Gasteiger partial charge in [0.25, 0.3) is 0 Å². The SMILES string of the molecule is CC(C)(C)OC(=O)NCCCCCC1(CCCCCNC(=O)OC(C)(C)C)CCc2ccc(Cc3ccccc3)cc21. The minimum absolute atomic E-state index is 0.194. The first kappa shape index (κ1) is 33.5. The molecule has 0 radical (unpaired) electrons. The van der Waals surface area contributed by atoms with Crippen LogP contribution in [0.4, 0.5) is 9.59 Å². The molecule has 2 aromatic rings. The quantitative estimate of drug-likeness (QED) is 0.220. The molecule has 0 bridgehead atoms. The molecule has 232 valence electrons. The van der Waals surface area contributed by atoms with Gasteiger partial charge in [-0.1, -0.05) is 74.2 Å². The van der Waals surface area contributed by atoms with Crippen molar-refractivity contribution in [1.29, 1.82) is 0 Å². The van der Waals surface area contributed by atoms with Crippen LogP contribution in [0.15, 0.2) is 48.5 Å². The average molecular weight is 579 g/mol. The van der Waals surface area contributed by atoms with Crippen molar-refractivity contribution in [1.82, 2.24) is 10.6 Å². The third kappa shape index (κ3) is 11.7. The number of aryl methyl sites for hydroxylation is 1. The molecule has 3 rings (SSSR count). The van der Waals surface area contributed by atoms with Gasteiger partial charge in [0, 0.05) is 13.1 Å². The van der Waals surface area contributed by atoms with Crippen LogP contribution in [0.2, 0.25) is 0 Å². The first-order valence-corrected chi connectivity index (χ1v) is 16.0. The summed E-state index contributed by atoms with van der Waals surface area (Å²) in [5.74, 6) is 0. The third-order valence-corrected chi connectivity index (χ3v) is 7.87. The number of carbonyl (C=O) groups is 2. The molecule has 1 aliphatic rings. The largest absolute Gasteiger partial charge is 0.444 e. The van der Waals surface area contributed by atoms with Gasteiger partial charge in [-0.25, -0.2) is 9.59 Å². The second-order valence-corrected chi connectivity index (χ2v) is 13.9. The molecule has 0 aliphatic heterocycles. The first-order valence-electron chi connectivity index (χ1n) is 16.0. The van der Waals surface area contributed by atoms with E-state index in [9.17, 15) is 9.59 Å². The summed E-state index contributed by atoms with van der Waals surface area (Å²) < 4.78 is 10.7. The lowest BCUT2D eigenvalue weighted by molar-refractivity contribution is 0.0515. The molecule has 0 heterocycles. The summed E-state index contributed by atoms with van der Waals surface area (Å²) in [5, 5.41) is 5.80. The Labute approximate surface area is 254 Å². The number of carbonyl (C=O) groups excluding carboxylic acids is 2. The summed E-state index contributed by atoms with van der Waals surface area (Å²) in [6.45, 7) is 12.6. The number of alkyl carbamates (subject to hydrolysis) is 2. The molecule has 1 aliphatic carbocycles. The van der Waals surface area contributed by atoms with Crippen molar-refractivity contribution in [3.63, 3.8) is 0 Å². The monoisotopic (exact) mass is 578 g/mol. The molecule has 0 spiro atoms. The zero-order valence-electron chi connectivity index (χ0n) is 26.9. The lowest BCUT2D eigenvalue weighted by atomic mass is 9.73. The molecule has 2 aromatic carbocycles.